The Hall–Kier alpha value is -0.690. The summed E-state index contributed by atoms with van der Waals surface area (Å²) in [5.74, 6) is 0. The number of halogens is 1. The normalized spacial score (nSPS) is 21.0. The fraction of sp³-hybridized carbons (Fsp3) is 0.167. The summed E-state index contributed by atoms with van der Waals surface area (Å²) in [7, 11) is 0. The minimum atomic E-state index is 0.287. The molecule has 2 N–H and O–H groups in total. The Morgan fingerprint density at radius 2 is 2.46 bits per heavy atom. The van der Waals surface area contributed by atoms with Gasteiger partial charge in [-0.1, -0.05) is 0 Å². The highest BCUT2D eigenvalue weighted by atomic mass is 35.5. The van der Waals surface area contributed by atoms with Crippen LogP contribution in [0.25, 0.3) is 0 Å². The Kier molecular flexibility index (Phi) is 2.20. The number of hydrogen-bond donors (Lipinski definition) is 2. The Labute approximate surface area is 84.3 Å². The van der Waals surface area contributed by atoms with Crippen LogP contribution in [0.1, 0.15) is 0 Å². The van der Waals surface area contributed by atoms with Crippen LogP contribution in [0.3, 0.4) is 0 Å². The van der Waals surface area contributed by atoms with Crippen molar-refractivity contribution < 1.29 is 5.21 Å². The minimum Gasteiger partial charge on any atom is -0.272 e. The van der Waals surface area contributed by atoms with Crippen LogP contribution in [-0.2, 0) is 0 Å². The van der Waals surface area contributed by atoms with Gasteiger partial charge in [-0.05, 0) is 23.9 Å². The van der Waals surface area contributed by atoms with Crippen molar-refractivity contribution in [3.8, 4) is 0 Å². The number of amidine groups is 1. The summed E-state index contributed by atoms with van der Waals surface area (Å²) in [5.41, 5.74) is 3.32. The van der Waals surface area contributed by atoms with Crippen LogP contribution in [0.5, 0.6) is 0 Å². The minimum absolute atomic E-state index is 0.287. The van der Waals surface area contributed by atoms with E-state index in [2.05, 4.69) is 10.5 Å². The van der Waals surface area contributed by atoms with Gasteiger partial charge in [0.1, 0.15) is 5.03 Å². The van der Waals surface area contributed by atoms with Crippen molar-refractivity contribution in [2.75, 3.05) is 6.26 Å². The molecule has 7 heteroatoms. The van der Waals surface area contributed by atoms with Gasteiger partial charge in [0.2, 0.25) is 5.29 Å². The molecule has 2 aliphatic rings. The van der Waals surface area contributed by atoms with Crippen molar-refractivity contribution in [1.29, 1.82) is 0 Å². The lowest BCUT2D eigenvalue weighted by atomic mass is 10.4. The Morgan fingerprint density at radius 3 is 3.15 bits per heavy atom. The van der Waals surface area contributed by atoms with E-state index < -0.39 is 0 Å². The van der Waals surface area contributed by atoms with Crippen LogP contribution in [0.4, 0.5) is 0 Å². The summed E-state index contributed by atoms with van der Waals surface area (Å²) < 4.78 is 0. The van der Waals surface area contributed by atoms with Crippen molar-refractivity contribution in [3.05, 3.63) is 23.0 Å². The zero-order valence-corrected chi connectivity index (χ0v) is 8.30. The van der Waals surface area contributed by atoms with Gasteiger partial charge in [0.25, 0.3) is 0 Å². The average molecular weight is 219 g/mol. The molecule has 0 saturated carbocycles. The number of hydroxylamine groups is 1. The number of hydrogen-bond acceptors (Lipinski definition) is 6. The molecular formula is C6H7ClN4OS. The number of fused-ring (bicyclic) bond motifs is 1. The maximum Gasteiger partial charge on any atom is 0.220 e. The SMILES string of the molecule is CSC1=CC2=CN(O)NN2C(Cl)=N1. The second-order valence-electron chi connectivity index (χ2n) is 2.40. The summed E-state index contributed by atoms with van der Waals surface area (Å²) in [6.07, 6.45) is 5.24. The summed E-state index contributed by atoms with van der Waals surface area (Å²) in [6, 6.07) is 0. The first-order valence-corrected chi connectivity index (χ1v) is 5.07. The molecule has 0 unspecified atom stereocenters. The predicted octanol–water partition coefficient (Wildman–Crippen LogP) is 1.07. The van der Waals surface area contributed by atoms with E-state index in [0.717, 1.165) is 15.9 Å². The molecule has 0 aliphatic carbocycles. The van der Waals surface area contributed by atoms with Gasteiger partial charge in [-0.15, -0.1) is 17.3 Å². The molecule has 70 valence electrons. The number of rotatable bonds is 1. The largest absolute Gasteiger partial charge is 0.272 e. The summed E-state index contributed by atoms with van der Waals surface area (Å²) >= 11 is 7.33. The number of allylic oxidation sites excluding steroid dienone is 1. The molecule has 0 spiro atoms. The third kappa shape index (κ3) is 1.53. The summed E-state index contributed by atoms with van der Waals surface area (Å²) in [4.78, 5) is 4.07. The average Bonchev–Trinajstić information content (AvgIpc) is 2.46. The van der Waals surface area contributed by atoms with Crippen LogP contribution in [0.2, 0.25) is 0 Å². The number of thioether (sulfide) groups is 1. The molecule has 0 atom stereocenters. The lowest BCUT2D eigenvalue weighted by Gasteiger charge is -2.21. The number of hydrazine groups is 2. The van der Waals surface area contributed by atoms with Crippen LogP contribution >= 0.6 is 23.4 Å². The van der Waals surface area contributed by atoms with E-state index in [1.165, 1.54) is 23.0 Å². The van der Waals surface area contributed by atoms with Gasteiger partial charge in [-0.25, -0.2) is 10.0 Å². The number of nitrogens with zero attached hydrogens (tertiary/aromatic N) is 3. The first-order chi connectivity index (χ1) is 6.20. The van der Waals surface area contributed by atoms with Crippen molar-refractivity contribution in [2.45, 2.75) is 0 Å². The Balaban J connectivity index is 2.33. The van der Waals surface area contributed by atoms with E-state index in [9.17, 15) is 0 Å². The third-order valence-electron chi connectivity index (χ3n) is 1.58. The lowest BCUT2D eigenvalue weighted by Crippen LogP contribution is -2.41. The first kappa shape index (κ1) is 8.89. The molecule has 2 heterocycles. The number of aliphatic imine (C=N–C) groups is 1. The molecule has 0 radical (unpaired) electrons. The van der Waals surface area contributed by atoms with Gasteiger partial charge < -0.3 is 0 Å². The van der Waals surface area contributed by atoms with Crippen molar-refractivity contribution in [1.82, 2.24) is 15.7 Å². The molecule has 13 heavy (non-hydrogen) atoms. The monoisotopic (exact) mass is 218 g/mol. The lowest BCUT2D eigenvalue weighted by molar-refractivity contribution is -0.106. The molecule has 0 fully saturated rings. The molecule has 0 aromatic rings. The standard InChI is InChI=1S/C6H7ClN4OS/c1-13-5-2-4-3-10(12)9-11(4)6(7)8-5/h2-3,9,12H,1H3. The molecule has 0 aromatic heterocycles. The van der Waals surface area contributed by atoms with Crippen molar-refractivity contribution in [2.24, 2.45) is 4.99 Å². The molecule has 0 amide bonds. The van der Waals surface area contributed by atoms with Gasteiger partial charge in [-0.3, -0.25) is 5.21 Å². The maximum absolute atomic E-state index is 9.09. The molecule has 2 rings (SSSR count). The quantitative estimate of drug-likeness (QED) is 0.645. The van der Waals surface area contributed by atoms with Gasteiger partial charge >= 0.3 is 0 Å². The first-order valence-electron chi connectivity index (χ1n) is 3.47. The maximum atomic E-state index is 9.09. The molecule has 0 saturated heterocycles. The Morgan fingerprint density at radius 1 is 1.69 bits per heavy atom. The van der Waals surface area contributed by atoms with Crippen LogP contribution in [0.15, 0.2) is 28.0 Å². The van der Waals surface area contributed by atoms with E-state index >= 15 is 0 Å². The van der Waals surface area contributed by atoms with Gasteiger partial charge in [0, 0.05) is 0 Å². The van der Waals surface area contributed by atoms with E-state index in [4.69, 9.17) is 16.8 Å². The second kappa shape index (κ2) is 3.22. The zero-order valence-electron chi connectivity index (χ0n) is 6.73. The molecule has 0 bridgehead atoms. The van der Waals surface area contributed by atoms with Gasteiger partial charge in [0.05, 0.1) is 11.9 Å². The van der Waals surface area contributed by atoms with Crippen LogP contribution in [0, 0.1) is 0 Å². The van der Waals surface area contributed by atoms with E-state index in [0.29, 0.717) is 0 Å². The highest BCUT2D eigenvalue weighted by Crippen LogP contribution is 2.26. The molecule has 2 aliphatic heterocycles. The fourth-order valence-corrected chi connectivity index (χ4v) is 1.72. The molecule has 5 nitrogen and oxygen atoms in total. The second-order valence-corrected chi connectivity index (χ2v) is 3.57. The molecule has 0 aromatic carbocycles. The van der Waals surface area contributed by atoms with Gasteiger partial charge in [-0.2, -0.15) is 5.17 Å². The molecular weight excluding hydrogens is 212 g/mol. The highest BCUT2D eigenvalue weighted by molar-refractivity contribution is 8.02. The Bertz CT molecular complexity index is 327. The van der Waals surface area contributed by atoms with Crippen molar-refractivity contribution in [3.63, 3.8) is 0 Å². The number of nitrogens with one attached hydrogen (secondary N) is 1. The van der Waals surface area contributed by atoms with E-state index in [1.54, 1.807) is 0 Å². The topological polar surface area (TPSA) is 51.1 Å². The fourth-order valence-electron chi connectivity index (χ4n) is 1.03. The van der Waals surface area contributed by atoms with Crippen LogP contribution < -0.4 is 5.53 Å². The van der Waals surface area contributed by atoms with Crippen molar-refractivity contribution >= 4 is 28.7 Å². The van der Waals surface area contributed by atoms with Gasteiger partial charge in [0.15, 0.2) is 0 Å². The summed E-state index contributed by atoms with van der Waals surface area (Å²) in [5, 5.41) is 12.5. The predicted molar refractivity (Wildman–Crippen MR) is 51.6 cm³/mol. The van der Waals surface area contributed by atoms with Crippen LogP contribution in [-0.4, -0.2) is 26.9 Å². The smallest absolute Gasteiger partial charge is 0.220 e. The summed E-state index contributed by atoms with van der Waals surface area (Å²) in [6.45, 7) is 0. The van der Waals surface area contributed by atoms with E-state index in [-0.39, 0.29) is 5.29 Å². The zero-order chi connectivity index (χ0) is 9.42. The highest BCUT2D eigenvalue weighted by Gasteiger charge is 2.25. The third-order valence-corrected chi connectivity index (χ3v) is 2.46. The van der Waals surface area contributed by atoms with E-state index in [1.807, 2.05) is 12.3 Å².